The molecule has 0 aliphatic heterocycles. The second kappa shape index (κ2) is 4.99. The maximum Gasteiger partial charge on any atom is 0.339 e. The molecule has 0 bridgehead atoms. The van der Waals surface area contributed by atoms with Gasteiger partial charge < -0.3 is 5.11 Å². The van der Waals surface area contributed by atoms with Crippen LogP contribution in [-0.2, 0) is 0 Å². The Kier molecular flexibility index (Phi) is 3.52. The maximum absolute atomic E-state index is 13.8. The highest BCUT2D eigenvalue weighted by atomic mass is 19.1. The molecule has 0 atom stereocenters. The summed E-state index contributed by atoms with van der Waals surface area (Å²) in [5.41, 5.74) is -0.604. The van der Waals surface area contributed by atoms with Crippen molar-refractivity contribution in [2.24, 2.45) is 0 Å². The fourth-order valence-corrected chi connectivity index (χ4v) is 1.99. The number of benzene rings is 1. The van der Waals surface area contributed by atoms with Crippen LogP contribution in [0.25, 0.3) is 5.69 Å². The molecule has 1 aromatic heterocycles. The molecule has 0 amide bonds. The van der Waals surface area contributed by atoms with Gasteiger partial charge in [0.2, 0.25) is 0 Å². The number of nitrogens with zero attached hydrogens (tertiary/aromatic N) is 2. The van der Waals surface area contributed by atoms with Crippen molar-refractivity contribution in [3.8, 4) is 5.69 Å². The molecule has 2 rings (SSSR count). The molecule has 0 spiro atoms. The summed E-state index contributed by atoms with van der Waals surface area (Å²) in [5.74, 6) is -4.94. The van der Waals surface area contributed by atoms with Gasteiger partial charge in [-0.25, -0.2) is 22.6 Å². The Hall–Kier alpha value is -2.31. The molecule has 7 heteroatoms. The summed E-state index contributed by atoms with van der Waals surface area (Å²) < 4.78 is 41.3. The summed E-state index contributed by atoms with van der Waals surface area (Å²) in [5, 5.41) is 12.8. The van der Waals surface area contributed by atoms with Crippen LogP contribution in [0.2, 0.25) is 0 Å². The number of hydrogen-bond donors (Lipinski definition) is 1. The van der Waals surface area contributed by atoms with Crippen molar-refractivity contribution >= 4 is 5.97 Å². The highest BCUT2D eigenvalue weighted by Gasteiger charge is 2.24. The van der Waals surface area contributed by atoms with E-state index >= 15 is 0 Å². The molecule has 0 radical (unpaired) electrons. The van der Waals surface area contributed by atoms with Crippen LogP contribution in [0.5, 0.6) is 0 Å². The molecule has 0 unspecified atom stereocenters. The van der Waals surface area contributed by atoms with E-state index in [-0.39, 0.29) is 17.2 Å². The van der Waals surface area contributed by atoms with Crippen LogP contribution in [0.15, 0.2) is 18.3 Å². The van der Waals surface area contributed by atoms with Gasteiger partial charge in [0, 0.05) is 12.1 Å². The zero-order valence-corrected chi connectivity index (χ0v) is 10.7. The van der Waals surface area contributed by atoms with Gasteiger partial charge in [0.05, 0.1) is 11.9 Å². The molecule has 1 heterocycles. The Labute approximate surface area is 112 Å². The summed E-state index contributed by atoms with van der Waals surface area (Å²) >= 11 is 0. The van der Waals surface area contributed by atoms with E-state index in [0.717, 1.165) is 10.9 Å². The van der Waals surface area contributed by atoms with E-state index in [9.17, 15) is 18.0 Å². The van der Waals surface area contributed by atoms with E-state index in [1.165, 1.54) is 0 Å². The third-order valence-corrected chi connectivity index (χ3v) is 2.78. The van der Waals surface area contributed by atoms with Crippen LogP contribution < -0.4 is 0 Å². The number of aromatic carboxylic acids is 1. The molecule has 0 saturated carbocycles. The third kappa shape index (κ3) is 2.26. The van der Waals surface area contributed by atoms with E-state index in [4.69, 9.17) is 5.11 Å². The Morgan fingerprint density at radius 1 is 1.25 bits per heavy atom. The predicted octanol–water partition coefficient (Wildman–Crippen LogP) is 3.11. The monoisotopic (exact) mass is 284 g/mol. The van der Waals surface area contributed by atoms with Crippen LogP contribution in [0.1, 0.15) is 35.8 Å². The fourth-order valence-electron chi connectivity index (χ4n) is 1.99. The van der Waals surface area contributed by atoms with Crippen LogP contribution in [0.3, 0.4) is 0 Å². The zero-order chi connectivity index (χ0) is 15.0. The lowest BCUT2D eigenvalue weighted by molar-refractivity contribution is 0.0695. The lowest BCUT2D eigenvalue weighted by Crippen LogP contribution is -2.11. The Balaban J connectivity index is 2.74. The summed E-state index contributed by atoms with van der Waals surface area (Å²) in [7, 11) is 0. The van der Waals surface area contributed by atoms with E-state index in [1.807, 2.05) is 0 Å². The predicted molar refractivity (Wildman–Crippen MR) is 64.5 cm³/mol. The van der Waals surface area contributed by atoms with Gasteiger partial charge in [-0.1, -0.05) is 13.8 Å². The van der Waals surface area contributed by atoms with Crippen molar-refractivity contribution in [3.05, 3.63) is 47.0 Å². The van der Waals surface area contributed by atoms with Crippen molar-refractivity contribution in [3.63, 3.8) is 0 Å². The largest absolute Gasteiger partial charge is 0.478 e. The zero-order valence-electron chi connectivity index (χ0n) is 10.7. The SMILES string of the molecule is CC(C)c1c(C(=O)O)cnn1-c1c(F)cc(F)cc1F. The number of halogens is 3. The minimum Gasteiger partial charge on any atom is -0.478 e. The molecule has 4 nitrogen and oxygen atoms in total. The van der Waals surface area contributed by atoms with E-state index in [2.05, 4.69) is 5.10 Å². The summed E-state index contributed by atoms with van der Waals surface area (Å²) in [4.78, 5) is 11.1. The van der Waals surface area contributed by atoms with Crippen molar-refractivity contribution in [1.82, 2.24) is 9.78 Å². The van der Waals surface area contributed by atoms with Crippen molar-refractivity contribution in [1.29, 1.82) is 0 Å². The first-order chi connectivity index (χ1) is 9.32. The molecule has 0 saturated heterocycles. The van der Waals surface area contributed by atoms with Crippen molar-refractivity contribution < 1.29 is 23.1 Å². The molecule has 106 valence electrons. The number of carboxylic acid groups (broad SMARTS) is 1. The third-order valence-electron chi connectivity index (χ3n) is 2.78. The smallest absolute Gasteiger partial charge is 0.339 e. The van der Waals surface area contributed by atoms with Gasteiger partial charge in [-0.05, 0) is 5.92 Å². The molecule has 1 aromatic carbocycles. The molecule has 0 fully saturated rings. The van der Waals surface area contributed by atoms with Gasteiger partial charge in [0.25, 0.3) is 0 Å². The quantitative estimate of drug-likeness (QED) is 0.942. The molecule has 0 aliphatic rings. The molecule has 1 N–H and O–H groups in total. The molecular weight excluding hydrogens is 273 g/mol. The average Bonchev–Trinajstić information content (AvgIpc) is 2.72. The second-order valence-corrected chi connectivity index (χ2v) is 4.53. The van der Waals surface area contributed by atoms with Crippen molar-refractivity contribution in [2.75, 3.05) is 0 Å². The fraction of sp³-hybridized carbons (Fsp3) is 0.231. The first-order valence-electron chi connectivity index (χ1n) is 5.79. The lowest BCUT2D eigenvalue weighted by atomic mass is 10.1. The Morgan fingerprint density at radius 2 is 1.80 bits per heavy atom. The van der Waals surface area contributed by atoms with Gasteiger partial charge in [-0.15, -0.1) is 0 Å². The Morgan fingerprint density at radius 3 is 2.25 bits per heavy atom. The molecule has 2 aromatic rings. The van der Waals surface area contributed by atoms with Gasteiger partial charge in [-0.2, -0.15) is 5.10 Å². The number of aromatic nitrogens is 2. The summed E-state index contributed by atoms with van der Waals surface area (Å²) in [6.07, 6.45) is 1.01. The second-order valence-electron chi connectivity index (χ2n) is 4.53. The van der Waals surface area contributed by atoms with Crippen LogP contribution in [-0.4, -0.2) is 20.9 Å². The first kappa shape index (κ1) is 14.1. The van der Waals surface area contributed by atoms with E-state index < -0.39 is 29.1 Å². The van der Waals surface area contributed by atoms with E-state index in [0.29, 0.717) is 12.1 Å². The van der Waals surface area contributed by atoms with Gasteiger partial charge in [-0.3, -0.25) is 0 Å². The Bertz CT molecular complexity index is 657. The number of carboxylic acids is 1. The van der Waals surface area contributed by atoms with Gasteiger partial charge in [0.15, 0.2) is 11.6 Å². The van der Waals surface area contributed by atoms with Crippen LogP contribution >= 0.6 is 0 Å². The minimum atomic E-state index is -1.25. The normalized spacial score (nSPS) is 11.1. The average molecular weight is 284 g/mol. The highest BCUT2D eigenvalue weighted by molar-refractivity contribution is 5.89. The number of rotatable bonds is 3. The standard InChI is InChI=1S/C13H11F3N2O2/c1-6(2)11-8(13(19)20)5-17-18(11)12-9(15)3-7(14)4-10(12)16/h3-6H,1-2H3,(H,19,20). The summed E-state index contributed by atoms with van der Waals surface area (Å²) in [6.45, 7) is 3.33. The minimum absolute atomic E-state index is 0.141. The molecular formula is C13H11F3N2O2. The first-order valence-corrected chi connectivity index (χ1v) is 5.79. The number of hydrogen-bond acceptors (Lipinski definition) is 2. The highest BCUT2D eigenvalue weighted by Crippen LogP contribution is 2.26. The van der Waals surface area contributed by atoms with Gasteiger partial charge >= 0.3 is 5.97 Å². The van der Waals surface area contributed by atoms with Crippen LogP contribution in [0.4, 0.5) is 13.2 Å². The van der Waals surface area contributed by atoms with Crippen LogP contribution in [0, 0.1) is 17.5 Å². The maximum atomic E-state index is 13.8. The summed E-state index contributed by atoms with van der Waals surface area (Å²) in [6, 6.07) is 1.04. The van der Waals surface area contributed by atoms with E-state index in [1.54, 1.807) is 13.8 Å². The lowest BCUT2D eigenvalue weighted by Gasteiger charge is -2.13. The topological polar surface area (TPSA) is 55.1 Å². The van der Waals surface area contributed by atoms with Gasteiger partial charge in [0.1, 0.15) is 17.1 Å². The molecule has 20 heavy (non-hydrogen) atoms. The number of carbonyl (C=O) groups is 1. The van der Waals surface area contributed by atoms with Crippen molar-refractivity contribution in [2.45, 2.75) is 19.8 Å². The molecule has 0 aliphatic carbocycles.